The van der Waals surface area contributed by atoms with E-state index in [0.29, 0.717) is 17.2 Å². The molecule has 2 rings (SSSR count). The Hall–Kier alpha value is -0.980. The molecule has 7 heteroatoms. The third-order valence-corrected chi connectivity index (χ3v) is 4.17. The summed E-state index contributed by atoms with van der Waals surface area (Å²) in [6.07, 6.45) is 2.54. The Kier molecular flexibility index (Phi) is 4.09. The molecule has 0 aliphatic heterocycles. The number of hydrogen-bond acceptors (Lipinski definition) is 6. The van der Waals surface area contributed by atoms with Crippen molar-refractivity contribution in [1.29, 1.82) is 0 Å². The second-order valence-electron chi connectivity index (χ2n) is 3.19. The molecule has 0 saturated heterocycles. The Morgan fingerprint density at radius 1 is 1.53 bits per heavy atom. The van der Waals surface area contributed by atoms with Crippen LogP contribution in [0, 0.1) is 0 Å². The minimum Gasteiger partial charge on any atom is -0.469 e. The Morgan fingerprint density at radius 2 is 2.35 bits per heavy atom. The highest BCUT2D eigenvalue weighted by Crippen LogP contribution is 2.30. The molecule has 2 heterocycles. The zero-order valence-corrected chi connectivity index (χ0v) is 11.4. The summed E-state index contributed by atoms with van der Waals surface area (Å²) in [6.45, 7) is 0. The maximum absolute atomic E-state index is 11.0. The summed E-state index contributed by atoms with van der Waals surface area (Å²) < 4.78 is 5.22. The van der Waals surface area contributed by atoms with Crippen LogP contribution in [0.1, 0.15) is 12.1 Å². The van der Waals surface area contributed by atoms with E-state index in [-0.39, 0.29) is 5.97 Å². The maximum atomic E-state index is 11.0. The summed E-state index contributed by atoms with van der Waals surface area (Å²) in [5.74, 6) is -0.225. The van der Waals surface area contributed by atoms with Gasteiger partial charge >= 0.3 is 5.97 Å². The number of ether oxygens (including phenoxy) is 1. The first kappa shape index (κ1) is 12.5. The molecular formula is C10H9ClN2O2S2. The Morgan fingerprint density at radius 3 is 3.00 bits per heavy atom. The Bertz CT molecular complexity index is 524. The third-order valence-electron chi connectivity index (χ3n) is 2.03. The van der Waals surface area contributed by atoms with Gasteiger partial charge in [0, 0.05) is 11.8 Å². The number of thiazole rings is 2. The van der Waals surface area contributed by atoms with Crippen LogP contribution in [0.15, 0.2) is 11.6 Å². The first-order valence-corrected chi connectivity index (χ1v) is 6.89. The highest BCUT2D eigenvalue weighted by molar-refractivity contribution is 7.22. The number of hydrogen-bond donors (Lipinski definition) is 0. The van der Waals surface area contributed by atoms with Gasteiger partial charge in [-0.2, -0.15) is 0 Å². The van der Waals surface area contributed by atoms with Crippen LogP contribution in [0.4, 0.5) is 0 Å². The molecule has 0 atom stereocenters. The topological polar surface area (TPSA) is 52.1 Å². The second kappa shape index (κ2) is 5.57. The molecule has 2 aromatic heterocycles. The van der Waals surface area contributed by atoms with Gasteiger partial charge in [0.15, 0.2) is 10.0 Å². The Balaban J connectivity index is 2.03. The van der Waals surface area contributed by atoms with E-state index in [9.17, 15) is 4.79 Å². The first-order valence-electron chi connectivity index (χ1n) is 4.82. The second-order valence-corrected chi connectivity index (χ2v) is 5.71. The van der Waals surface area contributed by atoms with Crippen molar-refractivity contribution >= 4 is 40.2 Å². The molecule has 0 radical (unpaired) electrons. The van der Waals surface area contributed by atoms with Gasteiger partial charge in [-0.3, -0.25) is 4.79 Å². The third kappa shape index (κ3) is 3.24. The molecule has 0 unspecified atom stereocenters. The molecule has 0 fully saturated rings. The molecule has 2 aromatic rings. The first-order chi connectivity index (χ1) is 8.19. The van der Waals surface area contributed by atoms with E-state index in [1.54, 1.807) is 6.20 Å². The van der Waals surface area contributed by atoms with Crippen molar-refractivity contribution in [2.24, 2.45) is 0 Å². The lowest BCUT2D eigenvalue weighted by Gasteiger charge is -1.95. The molecule has 0 amide bonds. The quantitative estimate of drug-likeness (QED) is 0.812. The van der Waals surface area contributed by atoms with Crippen LogP contribution in [0.5, 0.6) is 0 Å². The van der Waals surface area contributed by atoms with Crippen molar-refractivity contribution in [3.05, 3.63) is 21.6 Å². The van der Waals surface area contributed by atoms with Gasteiger partial charge in [-0.1, -0.05) is 22.9 Å². The van der Waals surface area contributed by atoms with E-state index in [2.05, 4.69) is 14.7 Å². The van der Waals surface area contributed by atoms with Gasteiger partial charge < -0.3 is 4.74 Å². The number of carbonyl (C=O) groups excluding carboxylic acids is 1. The lowest BCUT2D eigenvalue weighted by Crippen LogP contribution is -2.01. The number of aryl methyl sites for hydroxylation is 1. The molecule has 0 aliphatic carbocycles. The van der Waals surface area contributed by atoms with Crippen LogP contribution in [0.2, 0.25) is 4.34 Å². The summed E-state index contributed by atoms with van der Waals surface area (Å²) >= 11 is 8.71. The molecule has 0 spiro atoms. The fourth-order valence-electron chi connectivity index (χ4n) is 1.21. The molecule has 0 aliphatic rings. The number of aromatic nitrogens is 2. The minimum absolute atomic E-state index is 0.225. The van der Waals surface area contributed by atoms with E-state index >= 15 is 0 Å². The zero-order chi connectivity index (χ0) is 12.3. The molecular weight excluding hydrogens is 280 g/mol. The monoisotopic (exact) mass is 288 g/mol. The molecule has 0 N–H and O–H groups in total. The fourth-order valence-corrected chi connectivity index (χ4v) is 3.01. The van der Waals surface area contributed by atoms with E-state index in [0.717, 1.165) is 15.7 Å². The molecule has 4 nitrogen and oxygen atoms in total. The van der Waals surface area contributed by atoms with Gasteiger partial charge in [0.1, 0.15) is 4.34 Å². The van der Waals surface area contributed by atoms with Gasteiger partial charge in [-0.05, 0) is 0 Å². The van der Waals surface area contributed by atoms with Crippen molar-refractivity contribution in [2.45, 2.75) is 12.8 Å². The number of halogens is 1. The summed E-state index contributed by atoms with van der Waals surface area (Å²) in [5, 5.41) is 3.57. The van der Waals surface area contributed by atoms with Crippen molar-refractivity contribution in [2.75, 3.05) is 7.11 Å². The normalized spacial score (nSPS) is 10.5. The van der Waals surface area contributed by atoms with E-state index in [1.165, 1.54) is 29.8 Å². The zero-order valence-electron chi connectivity index (χ0n) is 8.97. The average Bonchev–Trinajstić information content (AvgIpc) is 2.94. The fraction of sp³-hybridized carbons (Fsp3) is 0.300. The largest absolute Gasteiger partial charge is 0.469 e. The van der Waals surface area contributed by atoms with E-state index in [1.807, 2.05) is 5.38 Å². The van der Waals surface area contributed by atoms with Crippen LogP contribution in [-0.4, -0.2) is 23.0 Å². The van der Waals surface area contributed by atoms with Crippen LogP contribution in [0.25, 0.3) is 10.0 Å². The minimum atomic E-state index is -0.225. The standard InChI is InChI=1S/C10H9ClN2O2S2/c1-15-8(14)3-2-6-5-16-10(13-6)9-12-4-7(11)17-9/h4-5H,2-3H2,1H3. The van der Waals surface area contributed by atoms with Crippen LogP contribution < -0.4 is 0 Å². The van der Waals surface area contributed by atoms with Crippen molar-refractivity contribution in [1.82, 2.24) is 9.97 Å². The summed E-state index contributed by atoms with van der Waals surface area (Å²) in [6, 6.07) is 0. The van der Waals surface area contributed by atoms with Crippen LogP contribution in [0.3, 0.4) is 0 Å². The van der Waals surface area contributed by atoms with E-state index in [4.69, 9.17) is 11.6 Å². The highest BCUT2D eigenvalue weighted by Gasteiger charge is 2.10. The summed E-state index contributed by atoms with van der Waals surface area (Å²) in [5.41, 5.74) is 0.877. The van der Waals surface area contributed by atoms with Crippen molar-refractivity contribution in [3.63, 3.8) is 0 Å². The molecule has 0 aromatic carbocycles. The molecule has 0 saturated carbocycles. The number of carbonyl (C=O) groups is 1. The highest BCUT2D eigenvalue weighted by atomic mass is 35.5. The van der Waals surface area contributed by atoms with Gasteiger partial charge in [-0.15, -0.1) is 11.3 Å². The van der Waals surface area contributed by atoms with Gasteiger partial charge in [0.25, 0.3) is 0 Å². The molecule has 90 valence electrons. The van der Waals surface area contributed by atoms with Gasteiger partial charge in [0.2, 0.25) is 0 Å². The molecule has 17 heavy (non-hydrogen) atoms. The number of esters is 1. The smallest absolute Gasteiger partial charge is 0.305 e. The van der Waals surface area contributed by atoms with Crippen molar-refractivity contribution < 1.29 is 9.53 Å². The lowest BCUT2D eigenvalue weighted by atomic mass is 10.2. The van der Waals surface area contributed by atoms with Crippen LogP contribution >= 0.6 is 34.3 Å². The average molecular weight is 289 g/mol. The van der Waals surface area contributed by atoms with Crippen LogP contribution in [-0.2, 0) is 16.0 Å². The summed E-state index contributed by atoms with van der Waals surface area (Å²) in [7, 11) is 1.38. The maximum Gasteiger partial charge on any atom is 0.305 e. The Labute approximate surface area is 111 Å². The predicted octanol–water partition coefficient (Wildman–Crippen LogP) is 3.03. The van der Waals surface area contributed by atoms with E-state index < -0.39 is 0 Å². The van der Waals surface area contributed by atoms with Gasteiger partial charge in [0.05, 0.1) is 25.4 Å². The predicted molar refractivity (Wildman–Crippen MR) is 68.6 cm³/mol. The molecule has 0 bridgehead atoms. The SMILES string of the molecule is COC(=O)CCc1csc(-c2ncc(Cl)s2)n1. The number of methoxy groups -OCH3 is 1. The van der Waals surface area contributed by atoms with Gasteiger partial charge in [-0.25, -0.2) is 9.97 Å². The van der Waals surface area contributed by atoms with Crippen molar-refractivity contribution in [3.8, 4) is 10.0 Å². The lowest BCUT2D eigenvalue weighted by molar-refractivity contribution is -0.140. The summed E-state index contributed by atoms with van der Waals surface area (Å²) in [4.78, 5) is 19.5. The number of nitrogens with zero attached hydrogens (tertiary/aromatic N) is 2. The number of rotatable bonds is 4.